The average Bonchev–Trinajstić information content (AvgIpc) is 2.68. The third-order valence-corrected chi connectivity index (χ3v) is 3.75. The van der Waals surface area contributed by atoms with Crippen LogP contribution in [0.2, 0.25) is 0 Å². The van der Waals surface area contributed by atoms with Crippen molar-refractivity contribution in [2.45, 2.75) is 39.7 Å². The van der Waals surface area contributed by atoms with Gasteiger partial charge in [-0.3, -0.25) is 0 Å². The number of aryl methyl sites for hydroxylation is 1. The van der Waals surface area contributed by atoms with Gasteiger partial charge < -0.3 is 4.57 Å². The van der Waals surface area contributed by atoms with Crippen LogP contribution < -0.4 is 0 Å². The molecule has 0 N–H and O–H groups in total. The number of hydrogen-bond donors (Lipinski definition) is 0. The van der Waals surface area contributed by atoms with Crippen molar-refractivity contribution in [2.24, 2.45) is 5.92 Å². The fraction of sp³-hybridized carbons (Fsp3) is 0.533. The number of benzene rings is 1. The van der Waals surface area contributed by atoms with Crippen LogP contribution in [0, 0.1) is 11.7 Å². The predicted molar refractivity (Wildman–Crippen MR) is 78.3 cm³/mol. The number of aromatic nitrogens is 2. The summed E-state index contributed by atoms with van der Waals surface area (Å²) in [5, 5.41) is 0. The van der Waals surface area contributed by atoms with Gasteiger partial charge in [-0.15, -0.1) is 11.6 Å². The van der Waals surface area contributed by atoms with Crippen molar-refractivity contribution in [3.63, 3.8) is 0 Å². The van der Waals surface area contributed by atoms with Crippen molar-refractivity contribution in [1.29, 1.82) is 0 Å². The minimum atomic E-state index is -0.243. The molecule has 0 fully saturated rings. The Bertz CT molecular complexity index is 563. The van der Waals surface area contributed by atoms with Gasteiger partial charge in [-0.1, -0.05) is 20.8 Å². The van der Waals surface area contributed by atoms with Crippen LogP contribution in [0.4, 0.5) is 4.39 Å². The first-order chi connectivity index (χ1) is 9.08. The maximum atomic E-state index is 13.3. The van der Waals surface area contributed by atoms with Gasteiger partial charge in [0.05, 0.1) is 11.0 Å². The fourth-order valence-corrected chi connectivity index (χ4v) is 2.87. The van der Waals surface area contributed by atoms with Crippen LogP contribution >= 0.6 is 11.6 Å². The lowest BCUT2D eigenvalue weighted by molar-refractivity contribution is 0.365. The van der Waals surface area contributed by atoms with E-state index in [1.54, 1.807) is 0 Å². The third-order valence-electron chi connectivity index (χ3n) is 3.56. The van der Waals surface area contributed by atoms with E-state index in [-0.39, 0.29) is 5.82 Å². The molecule has 1 heterocycles. The molecule has 19 heavy (non-hydrogen) atoms. The van der Waals surface area contributed by atoms with E-state index in [1.165, 1.54) is 12.1 Å². The molecule has 2 nitrogen and oxygen atoms in total. The molecule has 0 amide bonds. The number of nitrogens with zero attached hydrogens (tertiary/aromatic N) is 2. The molecule has 1 atom stereocenters. The second-order valence-electron chi connectivity index (χ2n) is 5.19. The maximum Gasteiger partial charge on any atom is 0.125 e. The highest BCUT2D eigenvalue weighted by Gasteiger charge is 2.20. The molecule has 0 bridgehead atoms. The highest BCUT2D eigenvalue weighted by Crippen LogP contribution is 2.29. The number of imidazole rings is 1. The molecule has 2 aromatic rings. The first-order valence-corrected chi connectivity index (χ1v) is 7.34. The molecule has 0 spiro atoms. The summed E-state index contributed by atoms with van der Waals surface area (Å²) in [6.07, 6.45) is 1.73. The maximum absolute atomic E-state index is 13.3. The third kappa shape index (κ3) is 2.76. The second-order valence-corrected chi connectivity index (χ2v) is 5.57. The van der Waals surface area contributed by atoms with E-state index in [2.05, 4.69) is 30.3 Å². The smallest absolute Gasteiger partial charge is 0.125 e. The predicted octanol–water partition coefficient (Wildman–Crippen LogP) is 4.56. The molecule has 4 heteroatoms. The summed E-state index contributed by atoms with van der Waals surface area (Å²) in [6, 6.07) is 5.18. The molecule has 0 saturated carbocycles. The van der Waals surface area contributed by atoms with Crippen LogP contribution in [0.15, 0.2) is 18.2 Å². The number of fused-ring (bicyclic) bond motifs is 1. The van der Waals surface area contributed by atoms with Crippen molar-refractivity contribution < 1.29 is 4.39 Å². The lowest BCUT2D eigenvalue weighted by Crippen LogP contribution is -2.17. The number of alkyl halides is 1. The Kier molecular flexibility index (Phi) is 4.46. The van der Waals surface area contributed by atoms with Gasteiger partial charge in [-0.05, 0) is 24.5 Å². The van der Waals surface area contributed by atoms with Gasteiger partial charge in [0.25, 0.3) is 0 Å². The van der Waals surface area contributed by atoms with Gasteiger partial charge in [0, 0.05) is 24.4 Å². The number of rotatable bonds is 5. The summed E-state index contributed by atoms with van der Waals surface area (Å²) in [5.41, 5.74) is 1.72. The van der Waals surface area contributed by atoms with Crippen LogP contribution in [0.3, 0.4) is 0 Å². The van der Waals surface area contributed by atoms with Gasteiger partial charge in [-0.25, -0.2) is 9.37 Å². The summed E-state index contributed by atoms with van der Waals surface area (Å²) in [5.74, 6) is 1.74. The molecular formula is C15H20ClFN2. The van der Waals surface area contributed by atoms with Crippen molar-refractivity contribution >= 4 is 22.6 Å². The van der Waals surface area contributed by atoms with Crippen LogP contribution in [0.5, 0.6) is 0 Å². The van der Waals surface area contributed by atoms with E-state index in [4.69, 9.17) is 11.6 Å². The summed E-state index contributed by atoms with van der Waals surface area (Å²) in [6.45, 7) is 6.58. The molecule has 0 aliphatic carbocycles. The van der Waals surface area contributed by atoms with Crippen LogP contribution in [-0.4, -0.2) is 15.4 Å². The summed E-state index contributed by atoms with van der Waals surface area (Å²) in [4.78, 5) is 4.55. The first kappa shape index (κ1) is 14.3. The fourth-order valence-electron chi connectivity index (χ4n) is 2.70. The quantitative estimate of drug-likeness (QED) is 0.735. The zero-order valence-electron chi connectivity index (χ0n) is 11.7. The van der Waals surface area contributed by atoms with Gasteiger partial charge in [0.1, 0.15) is 11.6 Å². The zero-order valence-corrected chi connectivity index (χ0v) is 12.4. The van der Waals surface area contributed by atoms with E-state index >= 15 is 0 Å². The molecule has 0 aliphatic heterocycles. The van der Waals surface area contributed by atoms with E-state index in [0.717, 1.165) is 23.3 Å². The average molecular weight is 283 g/mol. The Morgan fingerprint density at radius 1 is 1.37 bits per heavy atom. The van der Waals surface area contributed by atoms with Crippen molar-refractivity contribution in [2.75, 3.05) is 5.88 Å². The Morgan fingerprint density at radius 3 is 2.68 bits per heavy atom. The van der Waals surface area contributed by atoms with Gasteiger partial charge >= 0.3 is 0 Å². The molecule has 0 saturated heterocycles. The Balaban J connectivity index is 2.63. The minimum absolute atomic E-state index is 0.243. The van der Waals surface area contributed by atoms with E-state index < -0.39 is 0 Å². The van der Waals surface area contributed by atoms with E-state index in [0.29, 0.717) is 24.3 Å². The molecule has 0 radical (unpaired) electrons. The van der Waals surface area contributed by atoms with Gasteiger partial charge in [0.2, 0.25) is 0 Å². The topological polar surface area (TPSA) is 17.8 Å². The Hall–Kier alpha value is -1.09. The standard InChI is InChI=1S/C15H20ClFN2/c1-4-13(10(2)3)19-14-6-5-11(17)9-12(14)18-15(19)7-8-16/h5-6,9-10,13H,4,7-8H2,1-3H3. The molecule has 0 aliphatic rings. The van der Waals surface area contributed by atoms with Crippen molar-refractivity contribution in [3.05, 3.63) is 29.8 Å². The largest absolute Gasteiger partial charge is 0.325 e. The second kappa shape index (κ2) is 5.91. The lowest BCUT2D eigenvalue weighted by Gasteiger charge is -2.24. The molecule has 2 rings (SSSR count). The first-order valence-electron chi connectivity index (χ1n) is 6.80. The van der Waals surface area contributed by atoms with Crippen LogP contribution in [-0.2, 0) is 6.42 Å². The minimum Gasteiger partial charge on any atom is -0.325 e. The summed E-state index contributed by atoms with van der Waals surface area (Å²) < 4.78 is 15.6. The number of halogens is 2. The SMILES string of the molecule is CCC(C(C)C)n1c(CCCl)nc2cc(F)ccc21. The monoisotopic (exact) mass is 282 g/mol. The summed E-state index contributed by atoms with van der Waals surface area (Å²) >= 11 is 5.87. The highest BCUT2D eigenvalue weighted by atomic mass is 35.5. The molecule has 1 aromatic carbocycles. The number of hydrogen-bond acceptors (Lipinski definition) is 1. The molecule has 104 valence electrons. The van der Waals surface area contributed by atoms with Crippen molar-refractivity contribution in [3.8, 4) is 0 Å². The molecular weight excluding hydrogens is 263 g/mol. The lowest BCUT2D eigenvalue weighted by atomic mass is 10.0. The van der Waals surface area contributed by atoms with Crippen molar-refractivity contribution in [1.82, 2.24) is 9.55 Å². The Morgan fingerprint density at radius 2 is 2.11 bits per heavy atom. The van der Waals surface area contributed by atoms with Crippen LogP contribution in [0.1, 0.15) is 39.1 Å². The van der Waals surface area contributed by atoms with E-state index in [9.17, 15) is 4.39 Å². The normalized spacial score (nSPS) is 13.4. The van der Waals surface area contributed by atoms with Gasteiger partial charge in [0.15, 0.2) is 0 Å². The van der Waals surface area contributed by atoms with Crippen LogP contribution in [0.25, 0.3) is 11.0 Å². The zero-order chi connectivity index (χ0) is 14.0. The summed E-state index contributed by atoms with van der Waals surface area (Å²) in [7, 11) is 0. The Labute approximate surface area is 118 Å². The molecule has 1 aromatic heterocycles. The molecule has 1 unspecified atom stereocenters. The highest BCUT2D eigenvalue weighted by molar-refractivity contribution is 6.17. The van der Waals surface area contributed by atoms with E-state index in [1.807, 2.05) is 6.07 Å². The van der Waals surface area contributed by atoms with Gasteiger partial charge in [-0.2, -0.15) is 0 Å².